The molecule has 31 heavy (non-hydrogen) atoms. The number of carbonyl (C=O) groups excluding carboxylic acids is 2. The summed E-state index contributed by atoms with van der Waals surface area (Å²) in [4.78, 5) is 35.9. The van der Waals surface area contributed by atoms with Gasteiger partial charge in [-0.3, -0.25) is 24.5 Å². The Balaban J connectivity index is 0.00000233. The van der Waals surface area contributed by atoms with E-state index < -0.39 is 0 Å². The standard InChI is InChI=1S/C23H30N4O2.C2H6/c1-18-9-5-6-10-22(18)23(29)27(17-28)12-8-7-11-26(4)16-24-14-21-13-19(2)20(3)25-15-21;1-2/h5-6,9-10,13,15-17H,7-8,11-12,14H2,1-4H3;1-2H3. The first kappa shape index (κ1) is 26.0. The topological polar surface area (TPSA) is 65.9 Å². The molecule has 168 valence electrons. The predicted molar refractivity (Wildman–Crippen MR) is 127 cm³/mol. The Morgan fingerprint density at radius 1 is 1.06 bits per heavy atom. The van der Waals surface area contributed by atoms with Crippen molar-refractivity contribution >= 4 is 18.7 Å². The van der Waals surface area contributed by atoms with Crippen molar-refractivity contribution in [2.75, 3.05) is 20.1 Å². The molecule has 0 bridgehead atoms. The molecule has 0 unspecified atom stereocenters. The second-order valence-electron chi connectivity index (χ2n) is 7.31. The van der Waals surface area contributed by atoms with Crippen molar-refractivity contribution in [1.82, 2.24) is 14.8 Å². The van der Waals surface area contributed by atoms with Gasteiger partial charge in [0.05, 0.1) is 12.9 Å². The molecule has 1 aromatic heterocycles. The van der Waals surface area contributed by atoms with Crippen LogP contribution in [0.15, 0.2) is 41.5 Å². The van der Waals surface area contributed by atoms with Crippen LogP contribution in [0.25, 0.3) is 0 Å². The summed E-state index contributed by atoms with van der Waals surface area (Å²) in [6, 6.07) is 9.43. The van der Waals surface area contributed by atoms with Crippen molar-refractivity contribution in [1.29, 1.82) is 0 Å². The summed E-state index contributed by atoms with van der Waals surface area (Å²) in [6.45, 7) is 11.7. The molecule has 0 fully saturated rings. The molecule has 2 aromatic rings. The molecular formula is C25H36N4O2. The lowest BCUT2D eigenvalue weighted by Crippen LogP contribution is -2.31. The summed E-state index contributed by atoms with van der Waals surface area (Å²) in [5, 5.41) is 0. The molecule has 1 aromatic carbocycles. The second kappa shape index (κ2) is 14.1. The molecule has 0 aliphatic heterocycles. The second-order valence-corrected chi connectivity index (χ2v) is 7.31. The van der Waals surface area contributed by atoms with Crippen molar-refractivity contribution in [2.45, 2.75) is 54.0 Å². The Hall–Kier alpha value is -3.02. The summed E-state index contributed by atoms with van der Waals surface area (Å²) in [5.74, 6) is -0.241. The zero-order chi connectivity index (χ0) is 23.2. The van der Waals surface area contributed by atoms with Crippen LogP contribution < -0.4 is 0 Å². The number of unbranched alkanes of at least 4 members (excludes halogenated alkanes) is 1. The van der Waals surface area contributed by atoms with Gasteiger partial charge in [0.25, 0.3) is 5.91 Å². The Labute approximate surface area is 187 Å². The predicted octanol–water partition coefficient (Wildman–Crippen LogP) is 4.57. The monoisotopic (exact) mass is 424 g/mol. The Bertz CT molecular complexity index is 864. The van der Waals surface area contributed by atoms with Gasteiger partial charge in [-0.05, 0) is 56.4 Å². The molecule has 0 N–H and O–H groups in total. The van der Waals surface area contributed by atoms with E-state index in [0.29, 0.717) is 25.1 Å². The molecule has 6 nitrogen and oxygen atoms in total. The molecule has 0 saturated carbocycles. The molecular weight excluding hydrogens is 388 g/mol. The first-order valence-electron chi connectivity index (χ1n) is 10.9. The van der Waals surface area contributed by atoms with Crippen molar-refractivity contribution in [3.63, 3.8) is 0 Å². The number of hydrogen-bond donors (Lipinski definition) is 0. The average Bonchev–Trinajstić information content (AvgIpc) is 2.77. The number of aliphatic imine (C=N–C) groups is 1. The molecule has 0 radical (unpaired) electrons. The van der Waals surface area contributed by atoms with Crippen molar-refractivity contribution in [2.24, 2.45) is 4.99 Å². The summed E-state index contributed by atoms with van der Waals surface area (Å²) in [6.07, 6.45) is 5.91. The number of imide groups is 1. The molecule has 0 spiro atoms. The third-order valence-corrected chi connectivity index (χ3v) is 4.87. The third-order valence-electron chi connectivity index (χ3n) is 4.87. The first-order valence-corrected chi connectivity index (χ1v) is 10.9. The number of hydrogen-bond acceptors (Lipinski definition) is 4. The maximum atomic E-state index is 12.5. The van der Waals surface area contributed by atoms with Crippen LogP contribution in [0.2, 0.25) is 0 Å². The van der Waals surface area contributed by atoms with Gasteiger partial charge in [-0.1, -0.05) is 38.1 Å². The molecule has 0 saturated heterocycles. The number of aryl methyl sites for hydroxylation is 3. The zero-order valence-electron chi connectivity index (χ0n) is 19.8. The lowest BCUT2D eigenvalue weighted by atomic mass is 10.1. The highest BCUT2D eigenvalue weighted by Crippen LogP contribution is 2.11. The highest BCUT2D eigenvalue weighted by atomic mass is 16.2. The maximum absolute atomic E-state index is 12.5. The van der Waals surface area contributed by atoms with Gasteiger partial charge in [-0.2, -0.15) is 0 Å². The number of nitrogens with zero attached hydrogens (tertiary/aromatic N) is 4. The van der Waals surface area contributed by atoms with E-state index in [2.05, 4.69) is 16.0 Å². The van der Waals surface area contributed by atoms with E-state index >= 15 is 0 Å². The summed E-state index contributed by atoms with van der Waals surface area (Å²) in [7, 11) is 1.97. The lowest BCUT2D eigenvalue weighted by Gasteiger charge is -2.18. The zero-order valence-corrected chi connectivity index (χ0v) is 19.8. The smallest absolute Gasteiger partial charge is 0.260 e. The quantitative estimate of drug-likeness (QED) is 0.242. The highest BCUT2D eigenvalue weighted by Gasteiger charge is 2.16. The number of benzene rings is 1. The molecule has 2 amide bonds. The van der Waals surface area contributed by atoms with Crippen LogP contribution in [0.1, 0.15) is 59.4 Å². The Morgan fingerprint density at radius 3 is 2.39 bits per heavy atom. The highest BCUT2D eigenvalue weighted by molar-refractivity contribution is 6.00. The Morgan fingerprint density at radius 2 is 1.74 bits per heavy atom. The van der Waals surface area contributed by atoms with Crippen LogP contribution in [0.5, 0.6) is 0 Å². The van der Waals surface area contributed by atoms with Gasteiger partial charge in [-0.15, -0.1) is 0 Å². The van der Waals surface area contributed by atoms with Gasteiger partial charge in [0, 0.05) is 37.6 Å². The summed E-state index contributed by atoms with van der Waals surface area (Å²) >= 11 is 0. The number of rotatable bonds is 10. The minimum Gasteiger partial charge on any atom is -0.366 e. The number of carbonyl (C=O) groups is 2. The fraction of sp³-hybridized carbons (Fsp3) is 0.440. The largest absolute Gasteiger partial charge is 0.366 e. The van der Waals surface area contributed by atoms with Crippen LogP contribution >= 0.6 is 0 Å². The van der Waals surface area contributed by atoms with Crippen LogP contribution in [-0.4, -0.2) is 53.6 Å². The number of aromatic nitrogens is 1. The minimum atomic E-state index is -0.241. The van der Waals surface area contributed by atoms with E-state index in [1.165, 1.54) is 10.5 Å². The van der Waals surface area contributed by atoms with Gasteiger partial charge in [0.2, 0.25) is 6.41 Å². The molecule has 0 aliphatic carbocycles. The normalized spacial score (nSPS) is 10.4. The van der Waals surface area contributed by atoms with E-state index in [1.54, 1.807) is 6.07 Å². The fourth-order valence-electron chi connectivity index (χ4n) is 2.94. The van der Waals surface area contributed by atoms with Crippen LogP contribution in [0, 0.1) is 20.8 Å². The van der Waals surface area contributed by atoms with Crippen LogP contribution in [0.3, 0.4) is 0 Å². The fourth-order valence-corrected chi connectivity index (χ4v) is 2.94. The SMILES string of the molecule is CC.Cc1ccccc1C(=O)N(C=O)CCCCN(C)C=NCc1cnc(C)c(C)c1. The van der Waals surface area contributed by atoms with Gasteiger partial charge in [0.15, 0.2) is 0 Å². The van der Waals surface area contributed by atoms with E-state index in [0.717, 1.165) is 36.2 Å². The van der Waals surface area contributed by atoms with E-state index in [4.69, 9.17) is 0 Å². The first-order chi connectivity index (χ1) is 14.9. The number of pyridine rings is 1. The van der Waals surface area contributed by atoms with Gasteiger partial charge in [-0.25, -0.2) is 0 Å². The van der Waals surface area contributed by atoms with E-state index in [1.807, 2.05) is 77.3 Å². The molecule has 0 aliphatic rings. The van der Waals surface area contributed by atoms with E-state index in [-0.39, 0.29) is 5.91 Å². The van der Waals surface area contributed by atoms with Crippen molar-refractivity contribution < 1.29 is 9.59 Å². The lowest BCUT2D eigenvalue weighted by molar-refractivity contribution is -0.116. The van der Waals surface area contributed by atoms with Gasteiger partial charge in [0.1, 0.15) is 0 Å². The van der Waals surface area contributed by atoms with E-state index in [9.17, 15) is 9.59 Å². The Kier molecular flexibility index (Phi) is 11.8. The molecule has 1 heterocycles. The van der Waals surface area contributed by atoms with Crippen molar-refractivity contribution in [3.8, 4) is 0 Å². The van der Waals surface area contributed by atoms with Crippen molar-refractivity contribution in [3.05, 3.63) is 64.5 Å². The van der Waals surface area contributed by atoms with Crippen LogP contribution in [0.4, 0.5) is 0 Å². The third kappa shape index (κ3) is 8.70. The number of amides is 2. The molecule has 2 rings (SSSR count). The van der Waals surface area contributed by atoms with Gasteiger partial charge >= 0.3 is 0 Å². The molecule has 6 heteroatoms. The summed E-state index contributed by atoms with van der Waals surface area (Å²) in [5.41, 5.74) is 4.75. The minimum absolute atomic E-state index is 0.241. The van der Waals surface area contributed by atoms with Gasteiger partial charge < -0.3 is 4.90 Å². The molecule has 0 atom stereocenters. The average molecular weight is 425 g/mol. The maximum Gasteiger partial charge on any atom is 0.260 e. The summed E-state index contributed by atoms with van der Waals surface area (Å²) < 4.78 is 0. The van der Waals surface area contributed by atoms with Crippen LogP contribution in [-0.2, 0) is 11.3 Å².